The molecule has 2 aromatic carbocycles. The average Bonchev–Trinajstić information content (AvgIpc) is 2.82. The third-order valence-electron chi connectivity index (χ3n) is 4.69. The topological polar surface area (TPSA) is 101 Å². The fraction of sp³-hybridized carbons (Fsp3) is 0.444. The van der Waals surface area contributed by atoms with Crippen LogP contribution >= 0.6 is 0 Å². The van der Waals surface area contributed by atoms with Gasteiger partial charge in [0.15, 0.2) is 0 Å². The van der Waals surface area contributed by atoms with Crippen LogP contribution in [0, 0.1) is 0 Å². The summed E-state index contributed by atoms with van der Waals surface area (Å²) in [6.45, 7) is 7.22. The first-order chi connectivity index (χ1) is 17.4. The lowest BCUT2D eigenvalue weighted by Crippen LogP contribution is -2.34. The van der Waals surface area contributed by atoms with Crippen molar-refractivity contribution in [2.75, 3.05) is 57.8 Å². The molecule has 9 nitrogen and oxygen atoms in total. The van der Waals surface area contributed by atoms with Gasteiger partial charge in [-0.05, 0) is 56.2 Å². The van der Waals surface area contributed by atoms with Crippen LogP contribution in [0.15, 0.2) is 48.5 Å². The van der Waals surface area contributed by atoms with Gasteiger partial charge in [-0.25, -0.2) is 4.79 Å². The predicted molar refractivity (Wildman–Crippen MR) is 144 cm³/mol. The summed E-state index contributed by atoms with van der Waals surface area (Å²) < 4.78 is 47.9. The Labute approximate surface area is 220 Å². The molecular weight excluding hydrogens is 498 g/mol. The van der Waals surface area contributed by atoms with Crippen LogP contribution in [0.2, 0.25) is 0 Å². The quantitative estimate of drug-likeness (QED) is 0.196. The molecule has 2 aromatic rings. The SMILES string of the molecule is CN(C(=O)OC(C)(C)C)c1ccc(/C=C/c2ccc(OCCOCCOCCOS(C)(=O)=O)cc2)cc1. The van der Waals surface area contributed by atoms with E-state index >= 15 is 0 Å². The minimum absolute atomic E-state index is 0.00709. The Morgan fingerprint density at radius 2 is 1.30 bits per heavy atom. The third-order valence-corrected chi connectivity index (χ3v) is 5.28. The van der Waals surface area contributed by atoms with Crippen LogP contribution in [0.1, 0.15) is 31.9 Å². The Morgan fingerprint density at radius 1 is 0.811 bits per heavy atom. The molecule has 204 valence electrons. The van der Waals surface area contributed by atoms with Gasteiger partial charge >= 0.3 is 6.09 Å². The third kappa shape index (κ3) is 13.3. The molecule has 0 atom stereocenters. The van der Waals surface area contributed by atoms with Gasteiger partial charge in [0.25, 0.3) is 10.1 Å². The molecule has 0 fully saturated rings. The number of carbonyl (C=O) groups excluding carboxylic acids is 1. The van der Waals surface area contributed by atoms with E-state index in [9.17, 15) is 13.2 Å². The molecule has 0 aliphatic heterocycles. The van der Waals surface area contributed by atoms with Crippen LogP contribution in [0.4, 0.5) is 10.5 Å². The van der Waals surface area contributed by atoms with Gasteiger partial charge in [0.1, 0.15) is 18.0 Å². The molecule has 0 saturated heterocycles. The fourth-order valence-electron chi connectivity index (χ4n) is 2.90. The lowest BCUT2D eigenvalue weighted by molar-refractivity contribution is 0.0280. The molecule has 37 heavy (non-hydrogen) atoms. The highest BCUT2D eigenvalue weighted by molar-refractivity contribution is 7.85. The summed E-state index contributed by atoms with van der Waals surface area (Å²) in [5.74, 6) is 0.740. The zero-order valence-electron chi connectivity index (χ0n) is 22.1. The van der Waals surface area contributed by atoms with Crippen molar-refractivity contribution >= 4 is 34.1 Å². The molecule has 0 bridgehead atoms. The number of carbonyl (C=O) groups is 1. The van der Waals surface area contributed by atoms with Crippen molar-refractivity contribution in [3.63, 3.8) is 0 Å². The van der Waals surface area contributed by atoms with Crippen molar-refractivity contribution in [2.45, 2.75) is 26.4 Å². The second-order valence-corrected chi connectivity index (χ2v) is 10.8. The summed E-state index contributed by atoms with van der Waals surface area (Å²) in [4.78, 5) is 13.7. The number of ether oxygens (including phenoxy) is 4. The normalized spacial score (nSPS) is 12.0. The number of benzene rings is 2. The van der Waals surface area contributed by atoms with Crippen molar-refractivity contribution < 1.29 is 36.3 Å². The second kappa shape index (κ2) is 14.7. The summed E-state index contributed by atoms with van der Waals surface area (Å²) in [5, 5.41) is 0. The van der Waals surface area contributed by atoms with Crippen LogP contribution in [0.25, 0.3) is 12.2 Å². The smallest absolute Gasteiger partial charge is 0.414 e. The van der Waals surface area contributed by atoms with Gasteiger partial charge in [0.2, 0.25) is 0 Å². The highest BCUT2D eigenvalue weighted by Gasteiger charge is 2.20. The van der Waals surface area contributed by atoms with E-state index in [1.54, 1.807) is 7.05 Å². The monoisotopic (exact) mass is 535 g/mol. The summed E-state index contributed by atoms with van der Waals surface area (Å²) >= 11 is 0. The van der Waals surface area contributed by atoms with Gasteiger partial charge in [-0.15, -0.1) is 0 Å². The fourth-order valence-corrected chi connectivity index (χ4v) is 3.27. The Balaban J connectivity index is 1.67. The summed E-state index contributed by atoms with van der Waals surface area (Å²) in [7, 11) is -1.74. The molecular formula is C27H37NO8S. The Hall–Kier alpha value is -2.92. The van der Waals surface area contributed by atoms with Crippen LogP contribution in [-0.4, -0.2) is 73.1 Å². The van der Waals surface area contributed by atoms with Crippen molar-refractivity contribution in [3.05, 3.63) is 59.7 Å². The van der Waals surface area contributed by atoms with Gasteiger partial charge in [-0.3, -0.25) is 9.08 Å². The van der Waals surface area contributed by atoms with Crippen LogP contribution < -0.4 is 9.64 Å². The van der Waals surface area contributed by atoms with E-state index in [0.717, 1.165) is 28.8 Å². The van der Waals surface area contributed by atoms with E-state index < -0.39 is 21.8 Å². The molecule has 0 radical (unpaired) electrons. The number of nitrogens with zero attached hydrogens (tertiary/aromatic N) is 1. The Kier molecular flexibility index (Phi) is 12.1. The molecule has 0 N–H and O–H groups in total. The van der Waals surface area contributed by atoms with Crippen LogP contribution in [-0.2, 0) is 28.5 Å². The summed E-state index contributed by atoms with van der Waals surface area (Å²) in [6.07, 6.45) is 4.60. The van der Waals surface area contributed by atoms with Gasteiger partial charge in [-0.2, -0.15) is 8.42 Å². The number of hydrogen-bond acceptors (Lipinski definition) is 8. The maximum Gasteiger partial charge on any atom is 0.414 e. The molecule has 0 heterocycles. The average molecular weight is 536 g/mol. The second-order valence-electron chi connectivity index (χ2n) is 9.13. The lowest BCUT2D eigenvalue weighted by atomic mass is 10.1. The van der Waals surface area contributed by atoms with Gasteiger partial charge < -0.3 is 18.9 Å². The van der Waals surface area contributed by atoms with E-state index in [1.165, 1.54) is 4.90 Å². The molecule has 2 rings (SSSR count). The molecule has 0 unspecified atom stereocenters. The van der Waals surface area contributed by atoms with Gasteiger partial charge in [0.05, 0.1) is 39.3 Å². The maximum atomic E-state index is 12.2. The highest BCUT2D eigenvalue weighted by atomic mass is 32.2. The van der Waals surface area contributed by atoms with Crippen LogP contribution in [0.3, 0.4) is 0 Å². The van der Waals surface area contributed by atoms with E-state index in [0.29, 0.717) is 26.4 Å². The first-order valence-corrected chi connectivity index (χ1v) is 13.7. The minimum atomic E-state index is -3.43. The molecule has 10 heteroatoms. The Morgan fingerprint density at radius 3 is 1.81 bits per heavy atom. The number of amides is 1. The minimum Gasteiger partial charge on any atom is -0.491 e. The summed E-state index contributed by atoms with van der Waals surface area (Å²) in [5.41, 5.74) is 2.24. The molecule has 0 spiro atoms. The maximum absolute atomic E-state index is 12.2. The van der Waals surface area contributed by atoms with Crippen LogP contribution in [0.5, 0.6) is 5.75 Å². The molecule has 0 aromatic heterocycles. The van der Waals surface area contributed by atoms with Crippen molar-refractivity contribution in [2.24, 2.45) is 0 Å². The first kappa shape index (κ1) is 30.3. The Bertz CT molecular complexity index is 1090. The summed E-state index contributed by atoms with van der Waals surface area (Å²) in [6, 6.07) is 15.3. The largest absolute Gasteiger partial charge is 0.491 e. The molecule has 1 amide bonds. The lowest BCUT2D eigenvalue weighted by Gasteiger charge is -2.24. The number of hydrogen-bond donors (Lipinski definition) is 0. The van der Waals surface area contributed by atoms with Crippen molar-refractivity contribution in [1.29, 1.82) is 0 Å². The highest BCUT2D eigenvalue weighted by Crippen LogP contribution is 2.19. The zero-order chi connectivity index (χ0) is 27.3. The zero-order valence-corrected chi connectivity index (χ0v) is 23.0. The van der Waals surface area contributed by atoms with Gasteiger partial charge in [0, 0.05) is 12.7 Å². The van der Waals surface area contributed by atoms with E-state index in [2.05, 4.69) is 4.18 Å². The van der Waals surface area contributed by atoms with E-state index in [-0.39, 0.29) is 13.2 Å². The molecule has 0 aliphatic carbocycles. The predicted octanol–water partition coefficient (Wildman–Crippen LogP) is 4.62. The first-order valence-electron chi connectivity index (χ1n) is 11.9. The van der Waals surface area contributed by atoms with Crippen molar-refractivity contribution in [1.82, 2.24) is 0 Å². The number of anilines is 1. The van der Waals surface area contributed by atoms with E-state index in [4.69, 9.17) is 18.9 Å². The van der Waals surface area contributed by atoms with E-state index in [1.807, 2.05) is 81.5 Å². The van der Waals surface area contributed by atoms with Gasteiger partial charge in [-0.1, -0.05) is 36.4 Å². The molecule has 0 aliphatic rings. The number of rotatable bonds is 14. The molecule has 0 saturated carbocycles. The standard InChI is InChI=1S/C27H37NO8S/c1-27(2,3)36-26(29)28(4)24-12-8-22(9-13-24)6-7-23-10-14-25(15-11-23)34-20-18-32-16-17-33-19-21-35-37(5,30)31/h6-15H,16-21H2,1-5H3/b7-6+. The van der Waals surface area contributed by atoms with Crippen molar-refractivity contribution in [3.8, 4) is 5.75 Å².